The Balaban J connectivity index is 5.65. The van der Waals surface area contributed by atoms with Crippen molar-refractivity contribution in [1.82, 2.24) is 0 Å². The van der Waals surface area contributed by atoms with Gasteiger partial charge in [-0.05, 0) is 45.8 Å². The minimum absolute atomic E-state index is 0.0645. The van der Waals surface area contributed by atoms with Crippen LogP contribution in [0, 0.1) is 17.3 Å². The van der Waals surface area contributed by atoms with Gasteiger partial charge in [0.25, 0.3) is 0 Å². The zero-order valence-electron chi connectivity index (χ0n) is 20.1. The van der Waals surface area contributed by atoms with E-state index in [2.05, 4.69) is 33.9 Å². The Kier molecular flexibility index (Phi) is 8.55. The summed E-state index contributed by atoms with van der Waals surface area (Å²) in [5.74, 6) is -0.732. The third-order valence-electron chi connectivity index (χ3n) is 5.57. The molecule has 0 aromatic carbocycles. The highest BCUT2D eigenvalue weighted by atomic mass is 28.4. The summed E-state index contributed by atoms with van der Waals surface area (Å²) >= 11 is 0. The van der Waals surface area contributed by atoms with E-state index in [1.807, 2.05) is 55.4 Å². The highest BCUT2D eigenvalue weighted by Crippen LogP contribution is 2.39. The molecule has 0 saturated heterocycles. The van der Waals surface area contributed by atoms with Gasteiger partial charge in [-0.1, -0.05) is 48.5 Å². The van der Waals surface area contributed by atoms with Crippen LogP contribution in [0.1, 0.15) is 82.6 Å². The minimum Gasteiger partial charge on any atom is -0.460 e. The zero-order valence-corrected chi connectivity index (χ0v) is 21.1. The first-order chi connectivity index (χ1) is 11.7. The van der Waals surface area contributed by atoms with Gasteiger partial charge in [-0.3, -0.25) is 9.59 Å². The summed E-state index contributed by atoms with van der Waals surface area (Å²) in [4.78, 5) is 25.5. The largest absolute Gasteiger partial charge is 0.460 e. The minimum atomic E-state index is -2.02. The average molecular weight is 401 g/mol. The molecule has 0 radical (unpaired) electrons. The van der Waals surface area contributed by atoms with Gasteiger partial charge in [-0.25, -0.2) is 0 Å². The molecule has 0 aliphatic rings. The van der Waals surface area contributed by atoms with Crippen molar-refractivity contribution in [1.29, 1.82) is 0 Å². The number of ketones is 1. The van der Waals surface area contributed by atoms with E-state index in [1.165, 1.54) is 0 Å². The molecule has 0 aromatic rings. The molecule has 0 saturated carbocycles. The molecule has 0 rings (SSSR count). The van der Waals surface area contributed by atoms with E-state index >= 15 is 0 Å². The molecule has 0 aliphatic heterocycles. The molecule has 27 heavy (non-hydrogen) atoms. The monoisotopic (exact) mass is 400 g/mol. The maximum absolute atomic E-state index is 12.8. The second kappa shape index (κ2) is 8.77. The molecule has 0 N–H and O–H groups in total. The van der Waals surface area contributed by atoms with Gasteiger partial charge < -0.3 is 9.16 Å². The van der Waals surface area contributed by atoms with E-state index in [4.69, 9.17) is 9.16 Å². The number of Topliss-reactive ketones (excluding diaryl/α,β-unsaturated/α-hetero) is 1. The number of hydrogen-bond acceptors (Lipinski definition) is 4. The lowest BCUT2D eigenvalue weighted by Gasteiger charge is -2.41. The maximum atomic E-state index is 12.8. The van der Waals surface area contributed by atoms with Gasteiger partial charge >= 0.3 is 5.97 Å². The van der Waals surface area contributed by atoms with Crippen LogP contribution in [0.15, 0.2) is 0 Å². The molecule has 0 heterocycles. The Labute approximate surface area is 168 Å². The van der Waals surface area contributed by atoms with E-state index in [1.54, 1.807) is 0 Å². The van der Waals surface area contributed by atoms with Crippen molar-refractivity contribution >= 4 is 20.1 Å². The fraction of sp³-hybridized carbons (Fsp3) is 0.909. The SMILES string of the molecule is C[C@H](O[Si](C)(C)C(C)(C)C)[C@H](CC(=O)C(C)(C)C)[C@@H](C)C(=O)OC(C)(C)C. The Hall–Kier alpha value is -0.683. The normalized spacial score (nSPS) is 17.2. The Morgan fingerprint density at radius 3 is 1.67 bits per heavy atom. The first-order valence-electron chi connectivity index (χ1n) is 10.1. The fourth-order valence-corrected chi connectivity index (χ4v) is 4.03. The number of carbonyl (C=O) groups is 2. The molecule has 0 aliphatic carbocycles. The molecular weight excluding hydrogens is 356 g/mol. The topological polar surface area (TPSA) is 52.6 Å². The third kappa shape index (κ3) is 8.47. The first-order valence-corrected chi connectivity index (χ1v) is 13.0. The summed E-state index contributed by atoms with van der Waals surface area (Å²) in [5.41, 5.74) is -0.990. The lowest BCUT2D eigenvalue weighted by Crippen LogP contribution is -2.47. The van der Waals surface area contributed by atoms with E-state index < -0.39 is 25.3 Å². The predicted octanol–water partition coefficient (Wildman–Crippen LogP) is 6.00. The predicted molar refractivity (Wildman–Crippen MR) is 115 cm³/mol. The highest BCUT2D eigenvalue weighted by Gasteiger charge is 2.42. The van der Waals surface area contributed by atoms with Crippen molar-refractivity contribution < 1.29 is 18.8 Å². The number of esters is 1. The van der Waals surface area contributed by atoms with Crippen molar-refractivity contribution in [2.75, 3.05) is 0 Å². The van der Waals surface area contributed by atoms with Crippen LogP contribution in [-0.4, -0.2) is 31.8 Å². The standard InChI is InChI=1S/C22H44O4Si/c1-15(19(24)25-21(6,7)8)17(14-18(23)20(3,4)5)16(2)26-27(12,13)22(9,10)11/h15-17H,14H2,1-13H3/t15-,16+,17-/m1/s1. The van der Waals surface area contributed by atoms with Gasteiger partial charge in [0.15, 0.2) is 8.32 Å². The maximum Gasteiger partial charge on any atom is 0.309 e. The molecule has 160 valence electrons. The molecular formula is C22H44O4Si. The molecule has 0 spiro atoms. The van der Waals surface area contributed by atoms with Gasteiger partial charge in [0.05, 0.1) is 5.92 Å². The molecule has 4 nitrogen and oxygen atoms in total. The molecule has 0 bridgehead atoms. The number of carbonyl (C=O) groups excluding carboxylic acids is 2. The van der Waals surface area contributed by atoms with Crippen LogP contribution >= 0.6 is 0 Å². The zero-order chi connectivity index (χ0) is 22.0. The summed E-state index contributed by atoms with van der Waals surface area (Å²) in [6.07, 6.45) is 0.124. The average Bonchev–Trinajstić information content (AvgIpc) is 2.38. The third-order valence-corrected chi connectivity index (χ3v) is 10.1. The smallest absolute Gasteiger partial charge is 0.309 e. The molecule has 0 amide bonds. The van der Waals surface area contributed by atoms with Crippen LogP contribution < -0.4 is 0 Å². The Bertz CT molecular complexity index is 518. The van der Waals surface area contributed by atoms with Crippen molar-refractivity contribution in [3.8, 4) is 0 Å². The van der Waals surface area contributed by atoms with E-state index in [0.29, 0.717) is 6.42 Å². The van der Waals surface area contributed by atoms with Gasteiger partial charge in [0.2, 0.25) is 0 Å². The van der Waals surface area contributed by atoms with Crippen molar-refractivity contribution in [2.45, 2.75) is 112 Å². The molecule has 0 aromatic heterocycles. The summed E-state index contributed by atoms with van der Waals surface area (Å²) in [6.45, 7) is 26.2. The van der Waals surface area contributed by atoms with Crippen LogP contribution in [-0.2, 0) is 18.8 Å². The number of hydrogen-bond donors (Lipinski definition) is 0. The number of ether oxygens (including phenoxy) is 1. The summed E-state index contributed by atoms with van der Waals surface area (Å²) in [7, 11) is -2.02. The lowest BCUT2D eigenvalue weighted by molar-refractivity contribution is -0.163. The number of rotatable bonds is 7. The summed E-state index contributed by atoms with van der Waals surface area (Å²) in [5, 5.41) is 0.0645. The van der Waals surface area contributed by atoms with Gasteiger partial charge in [-0.2, -0.15) is 0 Å². The van der Waals surface area contributed by atoms with Gasteiger partial charge in [0, 0.05) is 23.9 Å². The van der Waals surface area contributed by atoms with Crippen molar-refractivity contribution in [3.05, 3.63) is 0 Å². The van der Waals surface area contributed by atoms with Crippen LogP contribution in [0.3, 0.4) is 0 Å². The van der Waals surface area contributed by atoms with Crippen molar-refractivity contribution in [2.24, 2.45) is 17.3 Å². The first kappa shape index (κ1) is 26.3. The van der Waals surface area contributed by atoms with Crippen molar-refractivity contribution in [3.63, 3.8) is 0 Å². The summed E-state index contributed by atoms with van der Waals surface area (Å²) in [6, 6.07) is 0. The van der Waals surface area contributed by atoms with Crippen LogP contribution in [0.25, 0.3) is 0 Å². The summed E-state index contributed by atoms with van der Waals surface area (Å²) < 4.78 is 12.2. The van der Waals surface area contributed by atoms with E-state index in [9.17, 15) is 9.59 Å². The quantitative estimate of drug-likeness (QED) is 0.389. The van der Waals surface area contributed by atoms with Gasteiger partial charge in [-0.15, -0.1) is 0 Å². The molecule has 0 unspecified atom stereocenters. The van der Waals surface area contributed by atoms with E-state index in [0.717, 1.165) is 0 Å². The van der Waals surface area contributed by atoms with Gasteiger partial charge in [0.1, 0.15) is 11.4 Å². The molecule has 0 fully saturated rings. The van der Waals surface area contributed by atoms with Crippen LogP contribution in [0.2, 0.25) is 18.1 Å². The fourth-order valence-electron chi connectivity index (χ4n) is 2.57. The molecule has 3 atom stereocenters. The Morgan fingerprint density at radius 2 is 1.33 bits per heavy atom. The van der Waals surface area contributed by atoms with Crippen LogP contribution in [0.4, 0.5) is 0 Å². The Morgan fingerprint density at radius 1 is 0.889 bits per heavy atom. The van der Waals surface area contributed by atoms with E-state index in [-0.39, 0.29) is 28.8 Å². The second-order valence-corrected chi connectivity index (χ2v) is 16.2. The second-order valence-electron chi connectivity index (χ2n) is 11.4. The highest BCUT2D eigenvalue weighted by molar-refractivity contribution is 6.74. The van der Waals surface area contributed by atoms with Crippen LogP contribution in [0.5, 0.6) is 0 Å². The molecule has 5 heteroatoms. The lowest BCUT2D eigenvalue weighted by atomic mass is 9.79.